The summed E-state index contributed by atoms with van der Waals surface area (Å²) in [5.74, 6) is 0. The number of sulfonamides is 1. The Kier molecular flexibility index (Phi) is 12.9. The van der Waals surface area contributed by atoms with E-state index in [4.69, 9.17) is 0 Å². The molecule has 0 unspecified atom stereocenters. The zero-order valence-corrected chi connectivity index (χ0v) is 28.3. The van der Waals surface area contributed by atoms with Gasteiger partial charge < -0.3 is 21.5 Å². The van der Waals surface area contributed by atoms with Crippen molar-refractivity contribution >= 4 is 26.0 Å². The fourth-order valence-electron chi connectivity index (χ4n) is 5.55. The lowest BCUT2D eigenvalue weighted by molar-refractivity contribution is -0.938. The van der Waals surface area contributed by atoms with Crippen molar-refractivity contribution < 1.29 is 29.9 Å². The first kappa shape index (κ1) is 33.7. The average Bonchev–Trinajstić information content (AvgIpc) is 2.84. The first-order valence-electron chi connectivity index (χ1n) is 13.7. The van der Waals surface area contributed by atoms with Gasteiger partial charge >= 0.3 is 0 Å². The molecule has 214 valence electrons. The van der Waals surface area contributed by atoms with Crippen LogP contribution in [-0.2, 0) is 23.1 Å². The third kappa shape index (κ3) is 9.53. The standard InChI is InChI=1S/C32H44BrN2O2S.BrH/c1-7-35(8-2,24-30-20-27(5)17-28(6)21-30)15-10-9-14-34(23-29-18-25(3)16-26(4)19-29)38(36,37)32-13-11-12-31(33)22-32;/h11-13,16-22H,7-10,14-15,23-24H2,1-6H3;1H/q+1;/p-1. The van der Waals surface area contributed by atoms with E-state index < -0.39 is 10.0 Å². The van der Waals surface area contributed by atoms with Crippen LogP contribution in [0.15, 0.2) is 70.0 Å². The van der Waals surface area contributed by atoms with Gasteiger partial charge in [-0.3, -0.25) is 0 Å². The molecule has 39 heavy (non-hydrogen) atoms. The maximum Gasteiger partial charge on any atom is 0.243 e. The van der Waals surface area contributed by atoms with Crippen molar-refractivity contribution in [1.82, 2.24) is 4.31 Å². The maximum atomic E-state index is 13.8. The number of aryl methyl sites for hydroxylation is 4. The third-order valence-electron chi connectivity index (χ3n) is 7.51. The topological polar surface area (TPSA) is 37.4 Å². The second kappa shape index (κ2) is 14.9. The van der Waals surface area contributed by atoms with E-state index in [1.165, 1.54) is 16.7 Å². The summed E-state index contributed by atoms with van der Waals surface area (Å²) >= 11 is 3.44. The van der Waals surface area contributed by atoms with E-state index in [2.05, 4.69) is 93.9 Å². The molecule has 0 N–H and O–H groups in total. The molecule has 0 aromatic heterocycles. The summed E-state index contributed by atoms with van der Waals surface area (Å²) in [5, 5.41) is 0. The van der Waals surface area contributed by atoms with Crippen molar-refractivity contribution in [2.75, 3.05) is 26.2 Å². The van der Waals surface area contributed by atoms with Gasteiger partial charge in [0, 0.05) is 23.1 Å². The van der Waals surface area contributed by atoms with Crippen LogP contribution >= 0.6 is 15.9 Å². The van der Waals surface area contributed by atoms with Crippen LogP contribution in [0, 0.1) is 27.7 Å². The highest BCUT2D eigenvalue weighted by molar-refractivity contribution is 9.10. The Balaban J connectivity index is 0.00000533. The molecule has 0 saturated heterocycles. The van der Waals surface area contributed by atoms with Gasteiger partial charge in [0.15, 0.2) is 0 Å². The Hall–Kier alpha value is -1.51. The number of unbranched alkanes of at least 4 members (excludes halogenated alkanes) is 1. The minimum absolute atomic E-state index is 0. The number of hydrogen-bond acceptors (Lipinski definition) is 2. The summed E-state index contributed by atoms with van der Waals surface area (Å²) in [6.45, 7) is 18.1. The normalized spacial score (nSPS) is 12.0. The predicted molar refractivity (Wildman–Crippen MR) is 163 cm³/mol. The molecule has 0 atom stereocenters. The Labute approximate surface area is 256 Å². The van der Waals surface area contributed by atoms with Crippen molar-refractivity contribution in [1.29, 1.82) is 0 Å². The molecular weight excluding hydrogens is 636 g/mol. The first-order valence-corrected chi connectivity index (χ1v) is 15.9. The predicted octanol–water partition coefficient (Wildman–Crippen LogP) is 4.71. The number of nitrogens with zero attached hydrogens (tertiary/aromatic N) is 2. The molecule has 0 aliphatic heterocycles. The van der Waals surface area contributed by atoms with Crippen LogP contribution in [-0.4, -0.2) is 43.4 Å². The smallest absolute Gasteiger partial charge is 0.243 e. The van der Waals surface area contributed by atoms with Gasteiger partial charge in [-0.25, -0.2) is 8.42 Å². The fourth-order valence-corrected chi connectivity index (χ4v) is 7.61. The average molecular weight is 681 g/mol. The minimum Gasteiger partial charge on any atom is -1.00 e. The molecule has 0 fully saturated rings. The molecule has 0 radical (unpaired) electrons. The van der Waals surface area contributed by atoms with E-state index in [1.54, 1.807) is 22.5 Å². The lowest BCUT2D eigenvalue weighted by Gasteiger charge is -2.37. The summed E-state index contributed by atoms with van der Waals surface area (Å²) in [4.78, 5) is 0.332. The second-order valence-corrected chi connectivity index (χ2v) is 13.7. The number of benzene rings is 3. The summed E-state index contributed by atoms with van der Waals surface area (Å²) in [6.07, 6.45) is 1.80. The lowest BCUT2D eigenvalue weighted by Crippen LogP contribution is -3.00. The summed E-state index contributed by atoms with van der Waals surface area (Å²) in [6, 6.07) is 20.2. The van der Waals surface area contributed by atoms with E-state index >= 15 is 0 Å². The largest absolute Gasteiger partial charge is 1.00 e. The monoisotopic (exact) mass is 678 g/mol. The van der Waals surface area contributed by atoms with Crippen LogP contribution in [0.25, 0.3) is 0 Å². The molecular formula is C32H44Br2N2O2S. The van der Waals surface area contributed by atoms with Crippen LogP contribution in [0.3, 0.4) is 0 Å². The van der Waals surface area contributed by atoms with Gasteiger partial charge in [0.25, 0.3) is 0 Å². The summed E-state index contributed by atoms with van der Waals surface area (Å²) in [5.41, 5.74) is 7.34. The second-order valence-electron chi connectivity index (χ2n) is 10.9. The SMILES string of the molecule is CC[N+](CC)(CCCCN(Cc1cc(C)cc(C)c1)S(=O)(=O)c1cccc(Br)c1)Cc1cc(C)cc(C)c1.[Br-]. The highest BCUT2D eigenvalue weighted by Gasteiger charge is 2.27. The Morgan fingerprint density at radius 3 is 1.82 bits per heavy atom. The molecule has 0 amide bonds. The Morgan fingerprint density at radius 1 is 0.769 bits per heavy atom. The molecule has 3 aromatic carbocycles. The minimum atomic E-state index is -3.63. The van der Waals surface area contributed by atoms with Crippen molar-refractivity contribution in [3.63, 3.8) is 0 Å². The molecule has 7 heteroatoms. The molecule has 0 aliphatic carbocycles. The summed E-state index contributed by atoms with van der Waals surface area (Å²) in [7, 11) is -3.63. The van der Waals surface area contributed by atoms with Gasteiger partial charge in [-0.1, -0.05) is 80.6 Å². The van der Waals surface area contributed by atoms with Crippen LogP contribution in [0.1, 0.15) is 60.1 Å². The van der Waals surface area contributed by atoms with Crippen LogP contribution < -0.4 is 17.0 Å². The van der Waals surface area contributed by atoms with Crippen LogP contribution in [0.2, 0.25) is 0 Å². The van der Waals surface area contributed by atoms with Gasteiger partial charge in [0.2, 0.25) is 10.0 Å². The van der Waals surface area contributed by atoms with Crippen molar-refractivity contribution in [3.05, 3.63) is 98.5 Å². The molecule has 0 aliphatic rings. The zero-order valence-electron chi connectivity index (χ0n) is 24.3. The van der Waals surface area contributed by atoms with E-state index in [1.807, 2.05) is 6.07 Å². The molecule has 0 heterocycles. The number of hydrogen-bond donors (Lipinski definition) is 0. The highest BCUT2D eigenvalue weighted by Crippen LogP contribution is 2.24. The Morgan fingerprint density at radius 2 is 1.31 bits per heavy atom. The molecule has 4 nitrogen and oxygen atoms in total. The quantitative estimate of drug-likeness (QED) is 0.194. The van der Waals surface area contributed by atoms with Gasteiger partial charge in [-0.15, -0.1) is 0 Å². The van der Waals surface area contributed by atoms with E-state index in [0.29, 0.717) is 18.0 Å². The first-order chi connectivity index (χ1) is 18.0. The van der Waals surface area contributed by atoms with Crippen molar-refractivity contribution in [3.8, 4) is 0 Å². The van der Waals surface area contributed by atoms with Crippen molar-refractivity contribution in [2.24, 2.45) is 0 Å². The fraction of sp³-hybridized carbons (Fsp3) is 0.438. The number of rotatable bonds is 13. The number of quaternary nitrogens is 1. The molecule has 0 spiro atoms. The van der Waals surface area contributed by atoms with Crippen molar-refractivity contribution in [2.45, 2.75) is 72.4 Å². The van der Waals surface area contributed by atoms with Crippen LogP contribution in [0.5, 0.6) is 0 Å². The van der Waals surface area contributed by atoms with Gasteiger partial charge in [-0.05, 0) is 78.1 Å². The molecule has 3 rings (SSSR count). The Bertz CT molecular complexity index is 1300. The zero-order chi connectivity index (χ0) is 27.9. The van der Waals surface area contributed by atoms with Gasteiger partial charge in [-0.2, -0.15) is 4.31 Å². The van der Waals surface area contributed by atoms with Gasteiger partial charge in [0.05, 0.1) is 24.5 Å². The van der Waals surface area contributed by atoms with Crippen LogP contribution in [0.4, 0.5) is 0 Å². The number of halogens is 2. The maximum absolute atomic E-state index is 13.8. The lowest BCUT2D eigenvalue weighted by atomic mass is 10.1. The highest BCUT2D eigenvalue weighted by atomic mass is 79.9. The van der Waals surface area contributed by atoms with E-state index in [0.717, 1.165) is 64.7 Å². The third-order valence-corrected chi connectivity index (χ3v) is 9.84. The molecule has 3 aromatic rings. The molecule has 0 bridgehead atoms. The molecule has 0 saturated carbocycles. The van der Waals surface area contributed by atoms with E-state index in [9.17, 15) is 8.42 Å². The van der Waals surface area contributed by atoms with Gasteiger partial charge in [0.1, 0.15) is 6.54 Å². The van der Waals surface area contributed by atoms with E-state index in [-0.39, 0.29) is 17.0 Å². The summed E-state index contributed by atoms with van der Waals surface area (Å²) < 4.78 is 31.0.